The molecule has 0 bridgehead atoms. The van der Waals surface area contributed by atoms with Crippen LogP contribution >= 0.6 is 11.6 Å². The van der Waals surface area contributed by atoms with Crippen molar-refractivity contribution in [3.8, 4) is 11.5 Å². The van der Waals surface area contributed by atoms with E-state index in [1.54, 1.807) is 14.2 Å². The lowest BCUT2D eigenvalue weighted by molar-refractivity contribution is 0.194. The standard InChI is InChI=1S/C19H24ClNO3/c1-22-11-5-10-21-13-15-8-9-18(19(12-15)23-2)24-14-16-6-3-4-7-17(16)20/h3-4,6-9,12,21H,5,10-11,13-14H2,1-2H3. The summed E-state index contributed by atoms with van der Waals surface area (Å²) in [6.07, 6.45) is 0.993. The minimum absolute atomic E-state index is 0.407. The van der Waals surface area contributed by atoms with Gasteiger partial charge in [0.25, 0.3) is 0 Å². The molecule has 0 aliphatic carbocycles. The molecule has 0 atom stereocenters. The van der Waals surface area contributed by atoms with Gasteiger partial charge < -0.3 is 19.5 Å². The van der Waals surface area contributed by atoms with Gasteiger partial charge in [0.2, 0.25) is 0 Å². The van der Waals surface area contributed by atoms with Crippen molar-refractivity contribution >= 4 is 11.6 Å². The van der Waals surface area contributed by atoms with E-state index in [1.807, 2.05) is 42.5 Å². The third kappa shape index (κ3) is 5.71. The molecule has 1 N–H and O–H groups in total. The Labute approximate surface area is 148 Å². The molecule has 0 unspecified atom stereocenters. The summed E-state index contributed by atoms with van der Waals surface area (Å²) >= 11 is 6.15. The molecule has 0 radical (unpaired) electrons. The fraction of sp³-hybridized carbons (Fsp3) is 0.368. The Bertz CT molecular complexity index is 634. The Kier molecular flexibility index (Phi) is 7.89. The molecule has 0 amide bonds. The van der Waals surface area contributed by atoms with Crippen LogP contribution in [0.3, 0.4) is 0 Å². The Balaban J connectivity index is 1.92. The molecule has 0 aliphatic heterocycles. The van der Waals surface area contributed by atoms with Crippen molar-refractivity contribution in [1.82, 2.24) is 5.32 Å². The lowest BCUT2D eigenvalue weighted by atomic mass is 10.2. The first-order chi connectivity index (χ1) is 11.7. The van der Waals surface area contributed by atoms with Crippen LogP contribution in [0.25, 0.3) is 0 Å². The van der Waals surface area contributed by atoms with E-state index in [9.17, 15) is 0 Å². The second kappa shape index (κ2) is 10.2. The van der Waals surface area contributed by atoms with Crippen LogP contribution in [0.15, 0.2) is 42.5 Å². The molecule has 2 aromatic carbocycles. The summed E-state index contributed by atoms with van der Waals surface area (Å²) in [5.74, 6) is 1.43. The molecule has 5 heteroatoms. The highest BCUT2D eigenvalue weighted by atomic mass is 35.5. The van der Waals surface area contributed by atoms with Crippen LogP contribution in [0.1, 0.15) is 17.5 Å². The van der Waals surface area contributed by atoms with Crippen molar-refractivity contribution in [2.45, 2.75) is 19.6 Å². The maximum atomic E-state index is 6.15. The zero-order valence-electron chi connectivity index (χ0n) is 14.2. The Hall–Kier alpha value is -1.75. The van der Waals surface area contributed by atoms with Gasteiger partial charge in [-0.05, 0) is 36.7 Å². The normalized spacial score (nSPS) is 10.6. The van der Waals surface area contributed by atoms with Crippen molar-refractivity contribution in [2.75, 3.05) is 27.4 Å². The number of benzene rings is 2. The molecule has 0 fully saturated rings. The fourth-order valence-corrected chi connectivity index (χ4v) is 2.48. The maximum Gasteiger partial charge on any atom is 0.161 e. The Morgan fingerprint density at radius 3 is 2.62 bits per heavy atom. The number of rotatable bonds is 10. The first kappa shape index (κ1) is 18.6. The highest BCUT2D eigenvalue weighted by Gasteiger charge is 2.07. The van der Waals surface area contributed by atoms with Crippen molar-refractivity contribution < 1.29 is 14.2 Å². The van der Waals surface area contributed by atoms with Gasteiger partial charge in [0.15, 0.2) is 11.5 Å². The fourth-order valence-electron chi connectivity index (χ4n) is 2.29. The van der Waals surface area contributed by atoms with Gasteiger partial charge in [-0.3, -0.25) is 0 Å². The van der Waals surface area contributed by atoms with E-state index in [0.717, 1.165) is 43.0 Å². The molecule has 130 valence electrons. The van der Waals surface area contributed by atoms with Crippen LogP contribution in [-0.2, 0) is 17.9 Å². The van der Waals surface area contributed by atoms with Gasteiger partial charge in [-0.1, -0.05) is 35.9 Å². The zero-order chi connectivity index (χ0) is 17.2. The predicted octanol–water partition coefficient (Wildman–Crippen LogP) is 4.05. The number of methoxy groups -OCH3 is 2. The van der Waals surface area contributed by atoms with E-state index in [0.29, 0.717) is 17.4 Å². The second-order valence-electron chi connectivity index (χ2n) is 5.39. The topological polar surface area (TPSA) is 39.7 Å². The molecule has 2 aromatic rings. The van der Waals surface area contributed by atoms with Crippen molar-refractivity contribution in [1.29, 1.82) is 0 Å². The van der Waals surface area contributed by atoms with Crippen LogP contribution in [0.2, 0.25) is 5.02 Å². The molecule has 24 heavy (non-hydrogen) atoms. The highest BCUT2D eigenvalue weighted by molar-refractivity contribution is 6.31. The van der Waals surface area contributed by atoms with E-state index in [2.05, 4.69) is 5.32 Å². The number of ether oxygens (including phenoxy) is 3. The average Bonchev–Trinajstić information content (AvgIpc) is 2.61. The summed E-state index contributed by atoms with van der Waals surface area (Å²) < 4.78 is 16.3. The Morgan fingerprint density at radius 1 is 1.04 bits per heavy atom. The number of hydrogen-bond donors (Lipinski definition) is 1. The third-order valence-electron chi connectivity index (χ3n) is 3.60. The number of halogens is 1. The van der Waals surface area contributed by atoms with Gasteiger partial charge in [0.1, 0.15) is 6.61 Å². The summed E-state index contributed by atoms with van der Waals surface area (Å²) in [4.78, 5) is 0. The van der Waals surface area contributed by atoms with E-state index in [1.165, 1.54) is 0 Å². The van der Waals surface area contributed by atoms with Crippen LogP contribution < -0.4 is 14.8 Å². The molecule has 0 aliphatic rings. The molecule has 0 spiro atoms. The lowest BCUT2D eigenvalue weighted by Crippen LogP contribution is -2.16. The van der Waals surface area contributed by atoms with Gasteiger partial charge in [0.05, 0.1) is 7.11 Å². The van der Waals surface area contributed by atoms with Gasteiger partial charge in [-0.25, -0.2) is 0 Å². The largest absolute Gasteiger partial charge is 0.493 e. The lowest BCUT2D eigenvalue weighted by Gasteiger charge is -2.13. The van der Waals surface area contributed by atoms with E-state index < -0.39 is 0 Å². The SMILES string of the molecule is COCCCNCc1ccc(OCc2ccccc2Cl)c(OC)c1. The first-order valence-electron chi connectivity index (χ1n) is 7.97. The van der Waals surface area contributed by atoms with E-state index in [4.69, 9.17) is 25.8 Å². The van der Waals surface area contributed by atoms with E-state index in [-0.39, 0.29) is 0 Å². The van der Waals surface area contributed by atoms with Crippen LogP contribution in [-0.4, -0.2) is 27.4 Å². The second-order valence-corrected chi connectivity index (χ2v) is 5.80. The van der Waals surface area contributed by atoms with Gasteiger partial charge in [-0.15, -0.1) is 0 Å². The van der Waals surface area contributed by atoms with Crippen LogP contribution in [0.5, 0.6) is 11.5 Å². The van der Waals surface area contributed by atoms with Crippen molar-refractivity contribution in [2.24, 2.45) is 0 Å². The van der Waals surface area contributed by atoms with Crippen LogP contribution in [0, 0.1) is 0 Å². The average molecular weight is 350 g/mol. The van der Waals surface area contributed by atoms with Crippen molar-refractivity contribution in [3.63, 3.8) is 0 Å². The maximum absolute atomic E-state index is 6.15. The minimum atomic E-state index is 0.407. The summed E-state index contributed by atoms with van der Waals surface area (Å²) in [6.45, 7) is 2.88. The monoisotopic (exact) mass is 349 g/mol. The molecule has 2 rings (SSSR count). The molecule has 0 aromatic heterocycles. The predicted molar refractivity (Wildman–Crippen MR) is 97.0 cm³/mol. The summed E-state index contributed by atoms with van der Waals surface area (Å²) in [5, 5.41) is 4.08. The van der Waals surface area contributed by atoms with Gasteiger partial charge >= 0.3 is 0 Å². The molecule has 4 nitrogen and oxygen atoms in total. The third-order valence-corrected chi connectivity index (χ3v) is 3.97. The first-order valence-corrected chi connectivity index (χ1v) is 8.35. The molecule has 0 saturated heterocycles. The zero-order valence-corrected chi connectivity index (χ0v) is 14.9. The highest BCUT2D eigenvalue weighted by Crippen LogP contribution is 2.29. The molecular weight excluding hydrogens is 326 g/mol. The van der Waals surface area contributed by atoms with E-state index >= 15 is 0 Å². The number of hydrogen-bond acceptors (Lipinski definition) is 4. The molecular formula is C19H24ClNO3. The smallest absolute Gasteiger partial charge is 0.161 e. The Morgan fingerprint density at radius 2 is 1.88 bits per heavy atom. The quantitative estimate of drug-likeness (QED) is 0.657. The summed E-state index contributed by atoms with van der Waals surface area (Å²) in [5.41, 5.74) is 2.10. The summed E-state index contributed by atoms with van der Waals surface area (Å²) in [7, 11) is 3.36. The minimum Gasteiger partial charge on any atom is -0.493 e. The van der Waals surface area contributed by atoms with Gasteiger partial charge in [-0.2, -0.15) is 0 Å². The van der Waals surface area contributed by atoms with Crippen LogP contribution in [0.4, 0.5) is 0 Å². The van der Waals surface area contributed by atoms with Crippen molar-refractivity contribution in [3.05, 3.63) is 58.6 Å². The summed E-state index contributed by atoms with van der Waals surface area (Å²) in [6, 6.07) is 13.6. The molecule has 0 saturated carbocycles. The van der Waals surface area contributed by atoms with Gasteiger partial charge in [0, 0.05) is 30.8 Å². The molecule has 0 heterocycles. The number of nitrogens with one attached hydrogen (secondary N) is 1.